The monoisotopic (exact) mass is 373 g/mol. The van der Waals surface area contributed by atoms with E-state index < -0.39 is 15.7 Å². The van der Waals surface area contributed by atoms with Gasteiger partial charge < -0.3 is 5.11 Å². The molecule has 0 aliphatic carbocycles. The van der Waals surface area contributed by atoms with Crippen LogP contribution in [0, 0.1) is 6.92 Å². The number of aryl methyl sites for hydroxylation is 1. The van der Waals surface area contributed by atoms with Gasteiger partial charge in [-0.2, -0.15) is 0 Å². The van der Waals surface area contributed by atoms with Crippen LogP contribution in [0.4, 0.5) is 10.5 Å². The summed E-state index contributed by atoms with van der Waals surface area (Å²) in [6.07, 6.45) is -1.31. The molecule has 0 bridgehead atoms. The smallest absolute Gasteiger partial charge is 0.409 e. The Morgan fingerprint density at radius 3 is 2.33 bits per heavy atom. The van der Waals surface area contributed by atoms with Gasteiger partial charge in [0.15, 0.2) is 0 Å². The van der Waals surface area contributed by atoms with Gasteiger partial charge in [-0.25, -0.2) is 4.79 Å². The molecule has 1 rings (SSSR count). The highest BCUT2D eigenvalue weighted by Gasteiger charge is 2.34. The maximum Gasteiger partial charge on any atom is 0.409 e. The number of amides is 1. The first kappa shape index (κ1) is 15.6. The standard InChI is InChI=1S/C10H7BrCl3NO3/c1-4-2-5(11)3-6(7(4)15-9(17)18)8(16)10(12,13)14/h2-3,15H,1H3,(H,17,18). The van der Waals surface area contributed by atoms with E-state index in [9.17, 15) is 9.59 Å². The number of hydrogen-bond acceptors (Lipinski definition) is 2. The topological polar surface area (TPSA) is 66.4 Å². The number of ketones is 1. The van der Waals surface area contributed by atoms with Crippen LogP contribution < -0.4 is 5.32 Å². The molecule has 0 saturated carbocycles. The second-order valence-corrected chi connectivity index (χ2v) is 6.60. The van der Waals surface area contributed by atoms with Gasteiger partial charge in [0.25, 0.3) is 3.79 Å². The van der Waals surface area contributed by atoms with Gasteiger partial charge >= 0.3 is 6.09 Å². The maximum absolute atomic E-state index is 11.9. The normalized spacial score (nSPS) is 11.2. The lowest BCUT2D eigenvalue weighted by atomic mass is 10.0. The second-order valence-electron chi connectivity index (χ2n) is 3.40. The van der Waals surface area contributed by atoms with Gasteiger partial charge in [-0.15, -0.1) is 0 Å². The Morgan fingerprint density at radius 1 is 1.33 bits per heavy atom. The van der Waals surface area contributed by atoms with Crippen LogP contribution in [-0.2, 0) is 0 Å². The molecule has 0 unspecified atom stereocenters. The van der Waals surface area contributed by atoms with E-state index in [1.54, 1.807) is 13.0 Å². The molecule has 8 heteroatoms. The molecule has 4 nitrogen and oxygen atoms in total. The van der Waals surface area contributed by atoms with Gasteiger partial charge in [0.05, 0.1) is 5.69 Å². The minimum atomic E-state index is -2.15. The number of alkyl halides is 3. The fourth-order valence-electron chi connectivity index (χ4n) is 1.35. The van der Waals surface area contributed by atoms with Crippen molar-refractivity contribution in [1.82, 2.24) is 0 Å². The highest BCUT2D eigenvalue weighted by atomic mass is 79.9. The van der Waals surface area contributed by atoms with E-state index in [2.05, 4.69) is 21.2 Å². The molecule has 0 saturated heterocycles. The molecule has 0 spiro atoms. The average molecular weight is 375 g/mol. The zero-order valence-corrected chi connectivity index (χ0v) is 12.8. The Labute approximate surface area is 126 Å². The lowest BCUT2D eigenvalue weighted by molar-refractivity contribution is 0.0997. The number of rotatable bonds is 2. The zero-order valence-electron chi connectivity index (χ0n) is 8.93. The van der Waals surface area contributed by atoms with Crippen molar-refractivity contribution >= 4 is 68.3 Å². The van der Waals surface area contributed by atoms with Crippen molar-refractivity contribution in [2.24, 2.45) is 0 Å². The summed E-state index contributed by atoms with van der Waals surface area (Å²) in [7, 11) is 0. The van der Waals surface area contributed by atoms with E-state index in [0.717, 1.165) is 0 Å². The third-order valence-corrected chi connectivity index (χ3v) is 3.01. The number of Topliss-reactive ketones (excluding diaryl/α,β-unsaturated/α-hetero) is 1. The van der Waals surface area contributed by atoms with Crippen LogP contribution in [0.15, 0.2) is 16.6 Å². The predicted molar refractivity (Wildman–Crippen MR) is 75.1 cm³/mol. The fraction of sp³-hybridized carbons (Fsp3) is 0.200. The van der Waals surface area contributed by atoms with Crippen LogP contribution in [0.2, 0.25) is 0 Å². The SMILES string of the molecule is Cc1cc(Br)cc(C(=O)C(Cl)(Cl)Cl)c1NC(=O)O. The highest BCUT2D eigenvalue weighted by molar-refractivity contribution is 9.10. The molecule has 0 radical (unpaired) electrons. The van der Waals surface area contributed by atoms with Crippen molar-refractivity contribution in [3.8, 4) is 0 Å². The molecule has 0 fully saturated rings. The molecule has 18 heavy (non-hydrogen) atoms. The Kier molecular flexibility index (Phi) is 4.89. The number of halogens is 4. The number of carbonyl (C=O) groups excluding carboxylic acids is 1. The van der Waals surface area contributed by atoms with Gasteiger partial charge in [-0.05, 0) is 24.6 Å². The average Bonchev–Trinajstić information content (AvgIpc) is 2.18. The van der Waals surface area contributed by atoms with Crippen molar-refractivity contribution in [1.29, 1.82) is 0 Å². The lowest BCUT2D eigenvalue weighted by Gasteiger charge is -2.15. The van der Waals surface area contributed by atoms with Crippen LogP contribution in [0.5, 0.6) is 0 Å². The number of hydrogen-bond donors (Lipinski definition) is 2. The molecular formula is C10H7BrCl3NO3. The van der Waals surface area contributed by atoms with E-state index in [1.807, 2.05) is 0 Å². The number of benzene rings is 1. The molecule has 0 aliphatic rings. The maximum atomic E-state index is 11.9. The highest BCUT2D eigenvalue weighted by Crippen LogP contribution is 2.35. The fourth-order valence-corrected chi connectivity index (χ4v) is 2.23. The summed E-state index contributed by atoms with van der Waals surface area (Å²) in [5.41, 5.74) is 0.621. The summed E-state index contributed by atoms with van der Waals surface area (Å²) >= 11 is 19.8. The Hall–Kier alpha value is -0.490. The summed E-state index contributed by atoms with van der Waals surface area (Å²) in [4.78, 5) is 22.6. The first-order valence-corrected chi connectivity index (χ1v) is 6.47. The summed E-state index contributed by atoms with van der Waals surface area (Å²) in [5.74, 6) is -0.805. The first-order chi connectivity index (χ1) is 8.12. The van der Waals surface area contributed by atoms with Crippen molar-refractivity contribution in [3.05, 3.63) is 27.7 Å². The predicted octanol–water partition coefficient (Wildman–Crippen LogP) is 4.40. The minimum Gasteiger partial charge on any atom is -0.465 e. The van der Waals surface area contributed by atoms with Gasteiger partial charge in [-0.1, -0.05) is 50.7 Å². The van der Waals surface area contributed by atoms with E-state index in [1.165, 1.54) is 6.07 Å². The Bertz CT molecular complexity index is 514. The largest absolute Gasteiger partial charge is 0.465 e. The summed E-state index contributed by atoms with van der Waals surface area (Å²) < 4.78 is -1.57. The number of nitrogens with one attached hydrogen (secondary N) is 1. The van der Waals surface area contributed by atoms with Crippen LogP contribution in [-0.4, -0.2) is 20.8 Å². The van der Waals surface area contributed by atoms with Crippen LogP contribution in [0.25, 0.3) is 0 Å². The molecule has 0 aromatic heterocycles. The Morgan fingerprint density at radius 2 is 1.89 bits per heavy atom. The third kappa shape index (κ3) is 3.75. The second kappa shape index (κ2) is 5.65. The third-order valence-electron chi connectivity index (χ3n) is 2.03. The molecule has 0 heterocycles. The molecule has 1 aromatic rings. The number of anilines is 1. The van der Waals surface area contributed by atoms with Crippen molar-refractivity contribution < 1.29 is 14.7 Å². The van der Waals surface area contributed by atoms with Gasteiger partial charge in [0.1, 0.15) is 0 Å². The molecular weight excluding hydrogens is 368 g/mol. The lowest BCUT2D eigenvalue weighted by Crippen LogP contribution is -2.22. The van der Waals surface area contributed by atoms with Gasteiger partial charge in [-0.3, -0.25) is 10.1 Å². The number of carbonyl (C=O) groups is 2. The van der Waals surface area contributed by atoms with E-state index in [-0.39, 0.29) is 11.3 Å². The minimum absolute atomic E-state index is 0.00993. The van der Waals surface area contributed by atoms with Gasteiger partial charge in [0.2, 0.25) is 5.78 Å². The summed E-state index contributed by atoms with van der Waals surface area (Å²) in [6, 6.07) is 3.03. The van der Waals surface area contributed by atoms with E-state index in [4.69, 9.17) is 39.9 Å². The van der Waals surface area contributed by atoms with Gasteiger partial charge in [0, 0.05) is 10.0 Å². The van der Waals surface area contributed by atoms with Crippen molar-refractivity contribution in [3.63, 3.8) is 0 Å². The quantitative estimate of drug-likeness (QED) is 0.595. The number of carboxylic acid groups (broad SMARTS) is 1. The van der Waals surface area contributed by atoms with Crippen molar-refractivity contribution in [2.75, 3.05) is 5.32 Å². The van der Waals surface area contributed by atoms with Crippen LogP contribution >= 0.6 is 50.7 Å². The molecule has 98 valence electrons. The van der Waals surface area contributed by atoms with E-state index in [0.29, 0.717) is 10.0 Å². The molecule has 2 N–H and O–H groups in total. The summed E-state index contributed by atoms with van der Waals surface area (Å²) in [5, 5.41) is 10.9. The molecule has 1 amide bonds. The zero-order chi connectivity index (χ0) is 14.1. The van der Waals surface area contributed by atoms with Crippen molar-refractivity contribution in [2.45, 2.75) is 10.7 Å². The Balaban J connectivity index is 3.41. The molecule has 0 aliphatic heterocycles. The van der Waals surface area contributed by atoms with E-state index >= 15 is 0 Å². The molecule has 0 atom stereocenters. The summed E-state index contributed by atoms with van der Waals surface area (Å²) in [6.45, 7) is 1.63. The molecule has 1 aromatic carbocycles. The van der Waals surface area contributed by atoms with Crippen LogP contribution in [0.1, 0.15) is 15.9 Å². The van der Waals surface area contributed by atoms with Crippen LogP contribution in [0.3, 0.4) is 0 Å². The first-order valence-electron chi connectivity index (χ1n) is 4.54.